The van der Waals surface area contributed by atoms with Crippen LogP contribution in [0.4, 0.5) is 5.69 Å². The van der Waals surface area contributed by atoms with Crippen LogP contribution >= 0.6 is 12.4 Å². The summed E-state index contributed by atoms with van der Waals surface area (Å²) in [5.74, 6) is 0.297. The lowest BCUT2D eigenvalue weighted by Crippen LogP contribution is -2.37. The number of aryl methyl sites for hydroxylation is 1. The van der Waals surface area contributed by atoms with Crippen molar-refractivity contribution >= 4 is 24.0 Å². The number of nitrogens with two attached hydrogens (primary N) is 1. The summed E-state index contributed by atoms with van der Waals surface area (Å²) in [4.78, 5) is 12.4. The number of hydrogen-bond donors (Lipinski definition) is 2. The monoisotopic (exact) mass is 310 g/mol. The maximum Gasteiger partial charge on any atom is 0.223 e. The van der Waals surface area contributed by atoms with Crippen LogP contribution in [0.5, 0.6) is 0 Å². The molecule has 5 heteroatoms. The van der Waals surface area contributed by atoms with Crippen LogP contribution in [0.15, 0.2) is 18.2 Å². The molecule has 1 atom stereocenters. The van der Waals surface area contributed by atoms with Crippen molar-refractivity contribution in [1.29, 1.82) is 0 Å². The van der Waals surface area contributed by atoms with Crippen LogP contribution in [0, 0.1) is 5.92 Å². The van der Waals surface area contributed by atoms with Gasteiger partial charge in [-0.05, 0) is 55.4 Å². The molecule has 0 spiro atoms. The molecule has 116 valence electrons. The van der Waals surface area contributed by atoms with Crippen LogP contribution < -0.4 is 11.1 Å². The summed E-state index contributed by atoms with van der Waals surface area (Å²) < 4.78 is 5.32. The van der Waals surface area contributed by atoms with Gasteiger partial charge in [-0.2, -0.15) is 0 Å². The van der Waals surface area contributed by atoms with E-state index in [9.17, 15) is 4.79 Å². The van der Waals surface area contributed by atoms with Gasteiger partial charge >= 0.3 is 0 Å². The second kappa shape index (κ2) is 7.14. The molecule has 1 aliphatic heterocycles. The van der Waals surface area contributed by atoms with Crippen molar-refractivity contribution in [2.24, 2.45) is 5.92 Å². The van der Waals surface area contributed by atoms with Crippen molar-refractivity contribution < 1.29 is 9.53 Å². The zero-order valence-electron chi connectivity index (χ0n) is 12.1. The average molecular weight is 311 g/mol. The van der Waals surface area contributed by atoms with Gasteiger partial charge in [-0.3, -0.25) is 4.79 Å². The highest BCUT2D eigenvalue weighted by molar-refractivity contribution is 5.85. The van der Waals surface area contributed by atoms with E-state index in [1.807, 2.05) is 12.1 Å². The van der Waals surface area contributed by atoms with Crippen LogP contribution in [-0.4, -0.2) is 19.1 Å². The molecule has 1 unspecified atom stereocenters. The van der Waals surface area contributed by atoms with Crippen molar-refractivity contribution in [2.45, 2.75) is 38.1 Å². The molecule has 1 heterocycles. The minimum absolute atomic E-state index is 0. The molecule has 0 bridgehead atoms. The van der Waals surface area contributed by atoms with Crippen LogP contribution in [0.25, 0.3) is 0 Å². The summed E-state index contributed by atoms with van der Waals surface area (Å²) in [6, 6.07) is 6.19. The first-order valence-electron chi connectivity index (χ1n) is 7.50. The highest BCUT2D eigenvalue weighted by Gasteiger charge is 2.26. The zero-order valence-corrected chi connectivity index (χ0v) is 13.0. The molecule has 1 amide bonds. The normalized spacial score (nSPS) is 22.0. The third kappa shape index (κ3) is 3.69. The number of carbonyl (C=O) groups excluding carboxylic acids is 1. The maximum atomic E-state index is 12.4. The van der Waals surface area contributed by atoms with Crippen LogP contribution in [0.2, 0.25) is 0 Å². The van der Waals surface area contributed by atoms with E-state index in [1.165, 1.54) is 11.1 Å². The van der Waals surface area contributed by atoms with Crippen LogP contribution in [-0.2, 0) is 16.0 Å². The first-order valence-corrected chi connectivity index (χ1v) is 7.50. The molecule has 2 aliphatic rings. The van der Waals surface area contributed by atoms with Gasteiger partial charge in [-0.25, -0.2) is 0 Å². The van der Waals surface area contributed by atoms with Gasteiger partial charge in [-0.15, -0.1) is 12.4 Å². The highest BCUT2D eigenvalue weighted by atomic mass is 35.5. The Kier molecular flexibility index (Phi) is 5.48. The van der Waals surface area contributed by atoms with E-state index in [-0.39, 0.29) is 30.3 Å². The minimum atomic E-state index is 0. The summed E-state index contributed by atoms with van der Waals surface area (Å²) in [7, 11) is 0. The molecule has 0 radical (unpaired) electrons. The Morgan fingerprint density at radius 2 is 2.00 bits per heavy atom. The predicted molar refractivity (Wildman–Crippen MR) is 85.5 cm³/mol. The minimum Gasteiger partial charge on any atom is -0.399 e. The lowest BCUT2D eigenvalue weighted by atomic mass is 9.86. The Morgan fingerprint density at radius 1 is 1.24 bits per heavy atom. The second-order valence-corrected chi connectivity index (χ2v) is 5.80. The molecule has 3 rings (SSSR count). The van der Waals surface area contributed by atoms with E-state index in [4.69, 9.17) is 10.5 Å². The first-order chi connectivity index (χ1) is 9.74. The second-order valence-electron chi connectivity index (χ2n) is 5.80. The number of halogens is 1. The van der Waals surface area contributed by atoms with Crippen molar-refractivity contribution in [3.8, 4) is 0 Å². The van der Waals surface area contributed by atoms with Gasteiger partial charge in [-0.1, -0.05) is 6.07 Å². The molecule has 1 aromatic rings. The van der Waals surface area contributed by atoms with Gasteiger partial charge < -0.3 is 15.8 Å². The summed E-state index contributed by atoms with van der Waals surface area (Å²) >= 11 is 0. The van der Waals surface area contributed by atoms with Crippen LogP contribution in [0.3, 0.4) is 0 Å². The Hall–Kier alpha value is -1.26. The largest absolute Gasteiger partial charge is 0.399 e. The molecular formula is C16H23ClN2O2. The Bertz CT molecular complexity index is 501. The third-order valence-corrected chi connectivity index (χ3v) is 4.39. The molecule has 3 N–H and O–H groups in total. The molecule has 0 saturated carbocycles. The fourth-order valence-corrected chi connectivity index (χ4v) is 3.23. The number of ether oxygens (including phenoxy) is 1. The summed E-state index contributed by atoms with van der Waals surface area (Å²) in [5.41, 5.74) is 9.18. The molecule has 1 aromatic carbocycles. The van der Waals surface area contributed by atoms with Gasteiger partial charge in [0.1, 0.15) is 0 Å². The molecule has 21 heavy (non-hydrogen) atoms. The SMILES string of the molecule is Cl.Nc1ccc2c(c1)CCCC2NC(=O)C1CCOCC1. The number of amides is 1. The fraction of sp³-hybridized carbons (Fsp3) is 0.562. The molecule has 0 aromatic heterocycles. The molecule has 1 fully saturated rings. The Morgan fingerprint density at radius 3 is 2.76 bits per heavy atom. The van der Waals surface area contributed by atoms with Crippen molar-refractivity contribution in [3.05, 3.63) is 29.3 Å². The van der Waals surface area contributed by atoms with Crippen molar-refractivity contribution in [1.82, 2.24) is 5.32 Å². The summed E-state index contributed by atoms with van der Waals surface area (Å²) in [6.07, 6.45) is 4.87. The number of rotatable bonds is 2. The smallest absolute Gasteiger partial charge is 0.223 e. The predicted octanol–water partition coefficient (Wildman–Crippen LogP) is 2.61. The molecule has 1 saturated heterocycles. The van der Waals surface area contributed by atoms with Crippen molar-refractivity contribution in [3.63, 3.8) is 0 Å². The molecular weight excluding hydrogens is 288 g/mol. The highest BCUT2D eigenvalue weighted by Crippen LogP contribution is 2.31. The van der Waals surface area contributed by atoms with Crippen LogP contribution in [0.1, 0.15) is 42.9 Å². The number of anilines is 1. The standard InChI is InChI=1S/C16H22N2O2.ClH/c17-13-4-5-14-12(10-13)2-1-3-15(14)18-16(19)11-6-8-20-9-7-11;/h4-5,10-11,15H,1-3,6-9,17H2,(H,18,19);1H. The summed E-state index contributed by atoms with van der Waals surface area (Å²) in [6.45, 7) is 1.41. The van der Waals surface area contributed by atoms with E-state index in [0.29, 0.717) is 13.2 Å². The number of hydrogen-bond acceptors (Lipinski definition) is 3. The third-order valence-electron chi connectivity index (χ3n) is 4.39. The number of carbonyl (C=O) groups is 1. The number of nitrogens with one attached hydrogen (secondary N) is 1. The van der Waals surface area contributed by atoms with E-state index >= 15 is 0 Å². The van der Waals surface area contributed by atoms with Gasteiger partial charge in [0.05, 0.1) is 6.04 Å². The zero-order chi connectivity index (χ0) is 13.9. The van der Waals surface area contributed by atoms with Gasteiger partial charge in [0, 0.05) is 24.8 Å². The van der Waals surface area contributed by atoms with E-state index in [2.05, 4.69) is 11.4 Å². The lowest BCUT2D eigenvalue weighted by Gasteiger charge is -2.29. The maximum absolute atomic E-state index is 12.4. The topological polar surface area (TPSA) is 64.3 Å². The van der Waals surface area contributed by atoms with Gasteiger partial charge in [0.2, 0.25) is 5.91 Å². The number of nitrogen functional groups attached to an aromatic ring is 1. The van der Waals surface area contributed by atoms with Crippen molar-refractivity contribution in [2.75, 3.05) is 18.9 Å². The Balaban J connectivity index is 0.00000161. The lowest BCUT2D eigenvalue weighted by molar-refractivity contribution is -0.128. The number of benzene rings is 1. The average Bonchev–Trinajstić information content (AvgIpc) is 2.48. The summed E-state index contributed by atoms with van der Waals surface area (Å²) in [5, 5.41) is 3.23. The van der Waals surface area contributed by atoms with E-state index in [1.54, 1.807) is 0 Å². The Labute approximate surface area is 131 Å². The molecule has 1 aliphatic carbocycles. The molecule has 4 nitrogen and oxygen atoms in total. The fourth-order valence-electron chi connectivity index (χ4n) is 3.23. The van der Waals surface area contributed by atoms with Gasteiger partial charge in [0.25, 0.3) is 0 Å². The first kappa shape index (κ1) is 16.1. The van der Waals surface area contributed by atoms with Gasteiger partial charge in [0.15, 0.2) is 0 Å². The van der Waals surface area contributed by atoms with E-state index < -0.39 is 0 Å². The quantitative estimate of drug-likeness (QED) is 0.825. The number of fused-ring (bicyclic) bond motifs is 1. The van der Waals surface area contributed by atoms with E-state index in [0.717, 1.165) is 37.8 Å².